The number of aliphatic hydroxyl groups excluding tert-OH is 1. The molecule has 0 saturated heterocycles. The van der Waals surface area contributed by atoms with Gasteiger partial charge in [0.15, 0.2) is 0 Å². The molecule has 1 aromatic heterocycles. The van der Waals surface area contributed by atoms with E-state index in [0.29, 0.717) is 24.4 Å². The van der Waals surface area contributed by atoms with Gasteiger partial charge in [-0.1, -0.05) is 46.6 Å². The van der Waals surface area contributed by atoms with Gasteiger partial charge in [0.1, 0.15) is 11.9 Å². The van der Waals surface area contributed by atoms with E-state index in [0.717, 1.165) is 52.4 Å². The van der Waals surface area contributed by atoms with E-state index in [1.807, 2.05) is 36.5 Å². The standard InChI is InChI=1S/C25H26BrN3O3/c1-28-14-19(12-27-28)17-8-6-16(7-9-17)13-29-15-18-10-20(26)11-23(24(18)25(29)31)32-22-5-3-2-4-21(22)30/h6-12,14,21-22,30H,2-5,13,15H2,1H3. The zero-order valence-corrected chi connectivity index (χ0v) is 19.6. The summed E-state index contributed by atoms with van der Waals surface area (Å²) in [6, 6.07) is 12.1. The first kappa shape index (κ1) is 21.2. The van der Waals surface area contributed by atoms with E-state index in [9.17, 15) is 9.90 Å². The van der Waals surface area contributed by atoms with Crippen molar-refractivity contribution in [3.05, 3.63) is 70.0 Å². The van der Waals surface area contributed by atoms with Gasteiger partial charge < -0.3 is 14.7 Å². The Morgan fingerprint density at radius 1 is 1.16 bits per heavy atom. The highest BCUT2D eigenvalue weighted by Crippen LogP contribution is 2.37. The minimum absolute atomic E-state index is 0.0239. The van der Waals surface area contributed by atoms with Gasteiger partial charge >= 0.3 is 0 Å². The van der Waals surface area contributed by atoms with Gasteiger partial charge in [-0.2, -0.15) is 5.10 Å². The molecule has 166 valence electrons. The Balaban J connectivity index is 1.34. The Morgan fingerprint density at radius 3 is 2.66 bits per heavy atom. The van der Waals surface area contributed by atoms with Crippen molar-refractivity contribution in [3.8, 4) is 16.9 Å². The quantitative estimate of drug-likeness (QED) is 0.557. The molecule has 2 aromatic carbocycles. The lowest BCUT2D eigenvalue weighted by atomic mass is 9.94. The van der Waals surface area contributed by atoms with Gasteiger partial charge in [-0.25, -0.2) is 0 Å². The highest BCUT2D eigenvalue weighted by molar-refractivity contribution is 9.10. The molecule has 7 heteroatoms. The molecule has 3 aromatic rings. The van der Waals surface area contributed by atoms with Gasteiger partial charge in [-0.15, -0.1) is 0 Å². The van der Waals surface area contributed by atoms with Crippen LogP contribution < -0.4 is 4.74 Å². The number of hydrogen-bond donors (Lipinski definition) is 1. The second-order valence-electron chi connectivity index (χ2n) is 8.71. The highest BCUT2D eigenvalue weighted by Gasteiger charge is 2.33. The summed E-state index contributed by atoms with van der Waals surface area (Å²) in [5.41, 5.74) is 4.82. The molecule has 32 heavy (non-hydrogen) atoms. The lowest BCUT2D eigenvalue weighted by Gasteiger charge is -2.29. The third-order valence-electron chi connectivity index (χ3n) is 6.32. The van der Waals surface area contributed by atoms with Gasteiger partial charge in [0, 0.05) is 36.4 Å². The van der Waals surface area contributed by atoms with E-state index in [1.54, 1.807) is 4.68 Å². The van der Waals surface area contributed by atoms with Crippen LogP contribution in [0.3, 0.4) is 0 Å². The lowest BCUT2D eigenvalue weighted by Crippen LogP contribution is -2.35. The Morgan fingerprint density at radius 2 is 1.94 bits per heavy atom. The molecule has 5 rings (SSSR count). The zero-order chi connectivity index (χ0) is 22.2. The molecule has 2 heterocycles. The number of aromatic nitrogens is 2. The fraction of sp³-hybridized carbons (Fsp3) is 0.360. The molecule has 0 spiro atoms. The lowest BCUT2D eigenvalue weighted by molar-refractivity contribution is 0.00633. The van der Waals surface area contributed by atoms with Gasteiger partial charge in [-0.3, -0.25) is 9.48 Å². The SMILES string of the molecule is Cn1cc(-c2ccc(CN3Cc4cc(Br)cc(OC5CCCCC5O)c4C3=O)cc2)cn1. The first-order valence-electron chi connectivity index (χ1n) is 11.0. The summed E-state index contributed by atoms with van der Waals surface area (Å²) < 4.78 is 8.86. The molecule has 1 aliphatic carbocycles. The fourth-order valence-corrected chi connectivity index (χ4v) is 5.11. The van der Waals surface area contributed by atoms with E-state index in [2.05, 4.69) is 45.3 Å². The molecule has 0 radical (unpaired) electrons. The van der Waals surface area contributed by atoms with E-state index in [4.69, 9.17) is 4.74 Å². The second kappa shape index (κ2) is 8.71. The number of fused-ring (bicyclic) bond motifs is 1. The van der Waals surface area contributed by atoms with Crippen LogP contribution in [-0.4, -0.2) is 37.9 Å². The normalized spacial score (nSPS) is 20.5. The Labute approximate surface area is 195 Å². The summed E-state index contributed by atoms with van der Waals surface area (Å²) >= 11 is 3.56. The van der Waals surface area contributed by atoms with Crippen molar-refractivity contribution in [1.82, 2.24) is 14.7 Å². The maximum absolute atomic E-state index is 13.3. The number of ether oxygens (including phenoxy) is 1. The summed E-state index contributed by atoms with van der Waals surface area (Å²) in [6.07, 6.45) is 6.70. The number of amides is 1. The van der Waals surface area contributed by atoms with E-state index in [-0.39, 0.29) is 12.0 Å². The van der Waals surface area contributed by atoms with Crippen molar-refractivity contribution in [2.75, 3.05) is 0 Å². The topological polar surface area (TPSA) is 67.6 Å². The van der Waals surface area contributed by atoms with Gasteiger partial charge in [0.25, 0.3) is 5.91 Å². The van der Waals surface area contributed by atoms with Crippen molar-refractivity contribution in [3.63, 3.8) is 0 Å². The number of nitrogens with zero attached hydrogens (tertiary/aromatic N) is 3. The highest BCUT2D eigenvalue weighted by atomic mass is 79.9. The molecule has 1 fully saturated rings. The summed E-state index contributed by atoms with van der Waals surface area (Å²) in [5.74, 6) is 0.545. The van der Waals surface area contributed by atoms with Gasteiger partial charge in [-0.05, 0) is 48.1 Å². The van der Waals surface area contributed by atoms with Crippen molar-refractivity contribution < 1.29 is 14.6 Å². The molecule has 1 aliphatic heterocycles. The summed E-state index contributed by atoms with van der Waals surface area (Å²) in [7, 11) is 1.90. The van der Waals surface area contributed by atoms with Crippen molar-refractivity contribution in [2.45, 2.75) is 51.0 Å². The van der Waals surface area contributed by atoms with Crippen LogP contribution in [0.15, 0.2) is 53.3 Å². The average Bonchev–Trinajstić information content (AvgIpc) is 3.33. The summed E-state index contributed by atoms with van der Waals surface area (Å²) in [6.45, 7) is 1.07. The number of benzene rings is 2. The van der Waals surface area contributed by atoms with Crippen LogP contribution in [0, 0.1) is 0 Å². The molecule has 1 N–H and O–H groups in total. The predicted octanol–water partition coefficient (Wildman–Crippen LogP) is 4.69. The Kier molecular flexibility index (Phi) is 5.78. The predicted molar refractivity (Wildman–Crippen MR) is 125 cm³/mol. The Bertz CT molecular complexity index is 1140. The number of hydrogen-bond acceptors (Lipinski definition) is 4. The molecular formula is C25H26BrN3O3. The summed E-state index contributed by atoms with van der Waals surface area (Å²) in [5, 5.41) is 14.6. The van der Waals surface area contributed by atoms with Crippen LogP contribution >= 0.6 is 15.9 Å². The molecule has 2 aliphatic rings. The monoisotopic (exact) mass is 495 g/mol. The number of aliphatic hydroxyl groups is 1. The molecule has 1 amide bonds. The molecule has 2 unspecified atom stereocenters. The van der Waals surface area contributed by atoms with Crippen LogP contribution in [0.1, 0.15) is 47.2 Å². The minimum atomic E-state index is -0.482. The van der Waals surface area contributed by atoms with E-state index >= 15 is 0 Å². The molecule has 0 bridgehead atoms. The van der Waals surface area contributed by atoms with Gasteiger partial charge in [0.2, 0.25) is 0 Å². The van der Waals surface area contributed by atoms with Crippen molar-refractivity contribution >= 4 is 21.8 Å². The maximum Gasteiger partial charge on any atom is 0.258 e. The molecule has 1 saturated carbocycles. The van der Waals surface area contributed by atoms with Crippen LogP contribution in [0.5, 0.6) is 5.75 Å². The number of aryl methyl sites for hydroxylation is 1. The number of halogens is 1. The van der Waals surface area contributed by atoms with Crippen LogP contribution in [-0.2, 0) is 20.1 Å². The number of rotatable bonds is 5. The maximum atomic E-state index is 13.3. The van der Waals surface area contributed by atoms with E-state index < -0.39 is 6.10 Å². The van der Waals surface area contributed by atoms with Gasteiger partial charge in [0.05, 0.1) is 17.9 Å². The number of carbonyl (C=O) groups is 1. The largest absolute Gasteiger partial charge is 0.487 e. The fourth-order valence-electron chi connectivity index (χ4n) is 4.63. The molecule has 2 atom stereocenters. The van der Waals surface area contributed by atoms with Crippen LogP contribution in [0.25, 0.3) is 11.1 Å². The number of carbonyl (C=O) groups excluding carboxylic acids is 1. The first-order valence-corrected chi connectivity index (χ1v) is 11.8. The molecule has 6 nitrogen and oxygen atoms in total. The Hall–Kier alpha value is -2.64. The third kappa shape index (κ3) is 4.19. The average molecular weight is 496 g/mol. The first-order chi connectivity index (χ1) is 15.5. The van der Waals surface area contributed by atoms with Crippen molar-refractivity contribution in [2.24, 2.45) is 7.05 Å². The zero-order valence-electron chi connectivity index (χ0n) is 18.0. The van der Waals surface area contributed by atoms with Crippen LogP contribution in [0.2, 0.25) is 0 Å². The van der Waals surface area contributed by atoms with Crippen LogP contribution in [0.4, 0.5) is 0 Å². The molecular weight excluding hydrogens is 470 g/mol. The van der Waals surface area contributed by atoms with E-state index in [1.165, 1.54) is 0 Å². The smallest absolute Gasteiger partial charge is 0.258 e. The van der Waals surface area contributed by atoms with Crippen molar-refractivity contribution in [1.29, 1.82) is 0 Å². The second-order valence-corrected chi connectivity index (χ2v) is 9.62. The summed E-state index contributed by atoms with van der Waals surface area (Å²) in [4.78, 5) is 15.2. The minimum Gasteiger partial charge on any atom is -0.487 e. The third-order valence-corrected chi connectivity index (χ3v) is 6.78.